The van der Waals surface area contributed by atoms with Gasteiger partial charge in [0.1, 0.15) is 11.6 Å². The Morgan fingerprint density at radius 1 is 1.11 bits per heavy atom. The Balaban J connectivity index is 1.86. The largest absolute Gasteiger partial charge is 0.444 e. The van der Waals surface area contributed by atoms with Crippen molar-refractivity contribution in [1.82, 2.24) is 15.5 Å². The van der Waals surface area contributed by atoms with Gasteiger partial charge in [-0.1, -0.05) is 19.3 Å². The molecule has 0 aromatic heterocycles. The second-order valence-corrected chi connectivity index (χ2v) is 10.4. The van der Waals surface area contributed by atoms with E-state index >= 15 is 0 Å². The predicted molar refractivity (Wildman–Crippen MR) is 116 cm³/mol. The second kappa shape index (κ2) is 11.3. The van der Waals surface area contributed by atoms with Crippen LogP contribution in [0.2, 0.25) is 0 Å². The summed E-state index contributed by atoms with van der Waals surface area (Å²) < 4.78 is 5.37. The highest BCUT2D eigenvalue weighted by molar-refractivity contribution is 7.99. The Hall–Kier alpha value is -0.950. The molecule has 1 aliphatic carbocycles. The van der Waals surface area contributed by atoms with Gasteiger partial charge in [0, 0.05) is 11.8 Å². The molecule has 2 N–H and O–H groups in total. The van der Waals surface area contributed by atoms with Gasteiger partial charge in [-0.3, -0.25) is 4.79 Å². The Kier molecular flexibility index (Phi) is 9.41. The first-order valence-electron chi connectivity index (χ1n) is 10.8. The molecule has 2 rings (SSSR count). The molecule has 6 nitrogen and oxygen atoms in total. The number of rotatable bonds is 7. The van der Waals surface area contributed by atoms with Gasteiger partial charge < -0.3 is 20.3 Å². The highest BCUT2D eigenvalue weighted by Gasteiger charge is 2.27. The number of nitrogens with zero attached hydrogens (tertiary/aromatic N) is 1. The fourth-order valence-corrected chi connectivity index (χ4v) is 5.07. The topological polar surface area (TPSA) is 70.7 Å². The van der Waals surface area contributed by atoms with Gasteiger partial charge in [0.05, 0.1) is 0 Å². The molecule has 1 saturated heterocycles. The Morgan fingerprint density at radius 2 is 1.75 bits per heavy atom. The molecule has 28 heavy (non-hydrogen) atoms. The van der Waals surface area contributed by atoms with E-state index in [-0.39, 0.29) is 11.9 Å². The molecule has 1 saturated carbocycles. The lowest BCUT2D eigenvalue weighted by Crippen LogP contribution is -2.53. The Labute approximate surface area is 174 Å². The first-order chi connectivity index (χ1) is 13.2. The number of alkyl carbamates (subject to hydrolysis) is 1. The van der Waals surface area contributed by atoms with E-state index < -0.39 is 17.7 Å². The molecule has 1 aliphatic heterocycles. The Morgan fingerprint density at radius 3 is 2.36 bits per heavy atom. The van der Waals surface area contributed by atoms with Crippen LogP contribution < -0.4 is 10.6 Å². The third kappa shape index (κ3) is 9.03. The van der Waals surface area contributed by atoms with Crippen molar-refractivity contribution < 1.29 is 14.3 Å². The number of carbonyl (C=O) groups excluding carboxylic acids is 2. The smallest absolute Gasteiger partial charge is 0.408 e. The van der Waals surface area contributed by atoms with Crippen LogP contribution in [0, 0.1) is 5.92 Å². The molecule has 2 aliphatic rings. The van der Waals surface area contributed by atoms with Crippen LogP contribution in [-0.2, 0) is 9.53 Å². The molecule has 162 valence electrons. The molecule has 0 spiro atoms. The average Bonchev–Trinajstić information content (AvgIpc) is 2.62. The van der Waals surface area contributed by atoms with E-state index in [1.165, 1.54) is 32.1 Å². The zero-order chi connectivity index (χ0) is 20.6. The minimum Gasteiger partial charge on any atom is -0.444 e. The van der Waals surface area contributed by atoms with Crippen LogP contribution in [0.4, 0.5) is 4.79 Å². The Bertz CT molecular complexity index is 496. The summed E-state index contributed by atoms with van der Waals surface area (Å²) in [5.41, 5.74) is -0.575. The standard InChI is InChI=1S/C21H39N3O3S/c1-21(2,3)27-20(26)23-18(15-28-14-16-8-6-5-7-9-16)19(25)22-17-10-12-24(4)13-11-17/h16-18H,5-15H2,1-4H3,(H,22,25)(H,23,26). The van der Waals surface area contributed by atoms with Crippen LogP contribution in [0.5, 0.6) is 0 Å². The molecular weight excluding hydrogens is 374 g/mol. The summed E-state index contributed by atoms with van der Waals surface area (Å²) >= 11 is 1.78. The van der Waals surface area contributed by atoms with E-state index in [4.69, 9.17) is 4.74 Å². The number of thioether (sulfide) groups is 1. The number of hydrogen-bond donors (Lipinski definition) is 2. The van der Waals surface area contributed by atoms with Crippen LogP contribution in [-0.4, -0.2) is 66.2 Å². The van der Waals surface area contributed by atoms with E-state index in [9.17, 15) is 9.59 Å². The van der Waals surface area contributed by atoms with E-state index in [0.717, 1.165) is 37.6 Å². The molecule has 1 heterocycles. The van der Waals surface area contributed by atoms with Crippen molar-refractivity contribution in [3.05, 3.63) is 0 Å². The number of amides is 2. The minimum atomic E-state index is -0.575. The van der Waals surface area contributed by atoms with Crippen LogP contribution in [0.1, 0.15) is 65.7 Å². The zero-order valence-electron chi connectivity index (χ0n) is 18.1. The zero-order valence-corrected chi connectivity index (χ0v) is 18.9. The van der Waals surface area contributed by atoms with Crippen molar-refractivity contribution >= 4 is 23.8 Å². The van der Waals surface area contributed by atoms with Crippen molar-refractivity contribution in [3.8, 4) is 0 Å². The predicted octanol–water partition coefficient (Wildman–Crippen LogP) is 3.40. The third-order valence-corrected chi connectivity index (χ3v) is 6.71. The van der Waals surface area contributed by atoms with E-state index in [2.05, 4.69) is 22.6 Å². The van der Waals surface area contributed by atoms with Gasteiger partial charge in [-0.25, -0.2) is 4.79 Å². The van der Waals surface area contributed by atoms with Crippen molar-refractivity contribution in [3.63, 3.8) is 0 Å². The summed E-state index contributed by atoms with van der Waals surface area (Å²) in [6.45, 7) is 7.48. The maximum Gasteiger partial charge on any atom is 0.408 e. The van der Waals surface area contributed by atoms with E-state index in [1.807, 2.05) is 20.8 Å². The van der Waals surface area contributed by atoms with E-state index in [0.29, 0.717) is 5.75 Å². The van der Waals surface area contributed by atoms with E-state index in [1.54, 1.807) is 11.8 Å². The van der Waals surface area contributed by atoms with Crippen molar-refractivity contribution in [2.24, 2.45) is 5.92 Å². The quantitative estimate of drug-likeness (QED) is 0.669. The van der Waals surface area contributed by atoms with Gasteiger partial charge in [0.2, 0.25) is 5.91 Å². The molecule has 0 radical (unpaired) electrons. The number of likely N-dealkylation sites (tertiary alicyclic amines) is 1. The van der Waals surface area contributed by atoms with Gasteiger partial charge >= 0.3 is 6.09 Å². The number of carbonyl (C=O) groups is 2. The third-order valence-electron chi connectivity index (χ3n) is 5.44. The molecule has 0 bridgehead atoms. The molecule has 2 fully saturated rings. The van der Waals surface area contributed by atoms with Crippen molar-refractivity contribution in [2.75, 3.05) is 31.6 Å². The number of nitrogens with one attached hydrogen (secondary N) is 2. The highest BCUT2D eigenvalue weighted by atomic mass is 32.2. The maximum absolute atomic E-state index is 12.9. The van der Waals surface area contributed by atoms with Crippen LogP contribution in [0.15, 0.2) is 0 Å². The molecule has 1 unspecified atom stereocenters. The van der Waals surface area contributed by atoms with Gasteiger partial charge in [-0.2, -0.15) is 11.8 Å². The monoisotopic (exact) mass is 413 g/mol. The molecule has 0 aromatic carbocycles. The lowest BCUT2D eigenvalue weighted by molar-refractivity contribution is -0.123. The highest BCUT2D eigenvalue weighted by Crippen LogP contribution is 2.27. The number of ether oxygens (including phenoxy) is 1. The molecular formula is C21H39N3O3S. The van der Waals surface area contributed by atoms with Gasteiger partial charge in [0.15, 0.2) is 0 Å². The first kappa shape index (κ1) is 23.3. The minimum absolute atomic E-state index is 0.0865. The lowest BCUT2D eigenvalue weighted by atomic mass is 9.91. The number of hydrogen-bond acceptors (Lipinski definition) is 5. The molecule has 0 aromatic rings. The average molecular weight is 414 g/mol. The summed E-state index contributed by atoms with van der Waals surface area (Å²) in [5, 5.41) is 5.95. The molecule has 2 amide bonds. The fraction of sp³-hybridized carbons (Fsp3) is 0.905. The second-order valence-electron chi connectivity index (χ2n) is 9.33. The summed E-state index contributed by atoms with van der Waals surface area (Å²) in [6.07, 6.45) is 7.96. The van der Waals surface area contributed by atoms with Crippen LogP contribution >= 0.6 is 11.8 Å². The summed E-state index contributed by atoms with van der Waals surface area (Å²) in [4.78, 5) is 27.4. The van der Waals surface area contributed by atoms with Gasteiger partial charge in [0.25, 0.3) is 0 Å². The summed E-state index contributed by atoms with van der Waals surface area (Å²) in [5.74, 6) is 2.32. The van der Waals surface area contributed by atoms with Crippen LogP contribution in [0.3, 0.4) is 0 Å². The first-order valence-corrected chi connectivity index (χ1v) is 11.9. The summed E-state index contributed by atoms with van der Waals surface area (Å²) in [7, 11) is 2.10. The van der Waals surface area contributed by atoms with Crippen molar-refractivity contribution in [1.29, 1.82) is 0 Å². The maximum atomic E-state index is 12.9. The van der Waals surface area contributed by atoms with Crippen LogP contribution in [0.25, 0.3) is 0 Å². The van der Waals surface area contributed by atoms with Crippen molar-refractivity contribution in [2.45, 2.75) is 83.4 Å². The normalized spacial score (nSPS) is 21.1. The SMILES string of the molecule is CN1CCC(NC(=O)C(CSCC2CCCCC2)NC(=O)OC(C)(C)C)CC1. The van der Waals surface area contributed by atoms with Gasteiger partial charge in [-0.05, 0) is 78.3 Å². The molecule has 7 heteroatoms. The van der Waals surface area contributed by atoms with Gasteiger partial charge in [-0.15, -0.1) is 0 Å². The lowest BCUT2D eigenvalue weighted by Gasteiger charge is -2.31. The summed E-state index contributed by atoms with van der Waals surface area (Å²) in [6, 6.07) is -0.363. The molecule has 1 atom stereocenters. The fourth-order valence-electron chi connectivity index (χ4n) is 3.79. The number of piperidine rings is 1.